The summed E-state index contributed by atoms with van der Waals surface area (Å²) in [7, 11) is 0. The second kappa shape index (κ2) is 2.62. The fourth-order valence-electron chi connectivity index (χ4n) is 0.520. The van der Waals surface area contributed by atoms with Gasteiger partial charge in [0.05, 0.1) is 19.2 Å². The molecule has 2 unspecified atom stereocenters. The van der Waals surface area contributed by atoms with Crippen molar-refractivity contribution in [3.63, 3.8) is 0 Å². The minimum absolute atomic E-state index is 0.00931. The number of hydrogen-bond acceptors (Lipinski definition) is 3. The number of hydroxylamine groups is 2. The third-order valence-electron chi connectivity index (χ3n) is 1.07. The predicted molar refractivity (Wildman–Crippen MR) is 32.3 cm³/mol. The van der Waals surface area contributed by atoms with E-state index in [0.717, 1.165) is 6.54 Å². The zero-order chi connectivity index (χ0) is 6.69. The van der Waals surface area contributed by atoms with Crippen LogP contribution in [0.5, 0.6) is 0 Å². The monoisotopic (exact) mass is 124 g/mol. The molecule has 0 aromatic rings. The van der Waals surface area contributed by atoms with Gasteiger partial charge in [0, 0.05) is 0 Å². The highest BCUT2D eigenvalue weighted by Crippen LogP contribution is 2.15. The highest BCUT2D eigenvalue weighted by molar-refractivity contribution is 5.01. The van der Waals surface area contributed by atoms with Crippen LogP contribution in [0.2, 0.25) is 0 Å². The van der Waals surface area contributed by atoms with E-state index in [9.17, 15) is 0 Å². The van der Waals surface area contributed by atoms with Gasteiger partial charge in [0.25, 0.3) is 0 Å². The molecular weight excluding hydrogens is 116 g/mol. The molecule has 0 aromatic heterocycles. The van der Waals surface area contributed by atoms with Crippen LogP contribution < -0.4 is 0 Å². The summed E-state index contributed by atoms with van der Waals surface area (Å²) in [6.45, 7) is 4.72. The van der Waals surface area contributed by atoms with Crippen LogP contribution >= 0.6 is 0 Å². The van der Waals surface area contributed by atoms with Gasteiger partial charge in [0.2, 0.25) is 0 Å². The van der Waals surface area contributed by atoms with E-state index in [-0.39, 0.29) is 6.04 Å². The largest absolute Gasteiger partial charge is 0.293 e. The van der Waals surface area contributed by atoms with Crippen LogP contribution in [0.1, 0.15) is 0 Å². The van der Waals surface area contributed by atoms with Crippen molar-refractivity contribution in [1.29, 1.82) is 5.26 Å². The molecule has 1 aliphatic heterocycles. The number of nitrogens with zero attached hydrogens (tertiary/aromatic N) is 2. The lowest BCUT2D eigenvalue weighted by Gasteiger charge is -1.95. The van der Waals surface area contributed by atoms with Crippen LogP contribution in [0.4, 0.5) is 0 Å². The lowest BCUT2D eigenvalue weighted by molar-refractivity contribution is -0.0544. The van der Waals surface area contributed by atoms with Crippen molar-refractivity contribution in [1.82, 2.24) is 5.06 Å². The Morgan fingerprint density at radius 1 is 2.00 bits per heavy atom. The second-order valence-corrected chi connectivity index (χ2v) is 1.83. The van der Waals surface area contributed by atoms with Gasteiger partial charge in [-0.05, 0) is 0 Å². The topological polar surface area (TPSA) is 36.0 Å². The lowest BCUT2D eigenvalue weighted by Crippen LogP contribution is -2.01. The van der Waals surface area contributed by atoms with Crippen molar-refractivity contribution in [3.05, 3.63) is 12.7 Å². The smallest absolute Gasteiger partial charge is 0.137 e. The quantitative estimate of drug-likeness (QED) is 0.401. The molecule has 3 nitrogen and oxygen atoms in total. The molecule has 3 heteroatoms. The van der Waals surface area contributed by atoms with E-state index in [0.29, 0.717) is 6.61 Å². The average molecular weight is 124 g/mol. The van der Waals surface area contributed by atoms with Crippen LogP contribution in [-0.4, -0.2) is 24.3 Å². The zero-order valence-electron chi connectivity index (χ0n) is 5.08. The first-order valence-electron chi connectivity index (χ1n) is 2.78. The summed E-state index contributed by atoms with van der Waals surface area (Å²) in [5.74, 6) is 0. The van der Waals surface area contributed by atoms with Crippen molar-refractivity contribution in [2.45, 2.75) is 6.04 Å². The van der Waals surface area contributed by atoms with Crippen molar-refractivity contribution in [2.75, 3.05) is 13.2 Å². The number of hydrogen-bond donors (Lipinski definition) is 0. The molecule has 1 aliphatic rings. The minimum Gasteiger partial charge on any atom is -0.293 e. The van der Waals surface area contributed by atoms with Crippen LogP contribution in [-0.2, 0) is 4.84 Å². The highest BCUT2D eigenvalue weighted by atomic mass is 16.7. The molecule has 1 saturated heterocycles. The zero-order valence-corrected chi connectivity index (χ0v) is 5.08. The molecule has 0 N–H and O–H groups in total. The predicted octanol–water partition coefficient (Wildman–Crippen LogP) is 0.312. The van der Waals surface area contributed by atoms with E-state index in [2.05, 4.69) is 12.6 Å². The maximum atomic E-state index is 8.28. The van der Waals surface area contributed by atoms with E-state index in [1.807, 2.05) is 0 Å². The maximum absolute atomic E-state index is 8.28. The number of rotatable bonds is 3. The maximum Gasteiger partial charge on any atom is 0.137 e. The third-order valence-corrected chi connectivity index (χ3v) is 1.07. The Bertz CT molecular complexity index is 150. The summed E-state index contributed by atoms with van der Waals surface area (Å²) in [5.41, 5.74) is 0. The van der Waals surface area contributed by atoms with Crippen molar-refractivity contribution in [3.8, 4) is 6.07 Å². The van der Waals surface area contributed by atoms with E-state index < -0.39 is 0 Å². The van der Waals surface area contributed by atoms with E-state index in [1.54, 1.807) is 11.1 Å². The normalized spacial score (nSPS) is 31.0. The van der Waals surface area contributed by atoms with Gasteiger partial charge in [-0.15, -0.1) is 6.58 Å². The molecule has 1 rings (SSSR count). The molecule has 0 spiro atoms. The molecule has 48 valence electrons. The molecule has 0 amide bonds. The summed E-state index contributed by atoms with van der Waals surface area (Å²) < 4.78 is 0. The van der Waals surface area contributed by atoms with Gasteiger partial charge >= 0.3 is 0 Å². The summed E-state index contributed by atoms with van der Waals surface area (Å²) in [6, 6.07) is 2.06. The Labute approximate surface area is 54.1 Å². The first-order chi connectivity index (χ1) is 4.38. The van der Waals surface area contributed by atoms with Crippen LogP contribution in [0, 0.1) is 11.3 Å². The first-order valence-corrected chi connectivity index (χ1v) is 2.78. The van der Waals surface area contributed by atoms with Gasteiger partial charge in [0.1, 0.15) is 6.04 Å². The molecular formula is C6H8N2O. The second-order valence-electron chi connectivity index (χ2n) is 1.83. The lowest BCUT2D eigenvalue weighted by atomic mass is 10.6. The standard InChI is InChI=1S/C6H8N2O/c1-2-3-9-8-5-6(8)4-7/h2,6H,1,3,5H2. The fraction of sp³-hybridized carbons (Fsp3) is 0.500. The third kappa shape index (κ3) is 1.53. The van der Waals surface area contributed by atoms with Gasteiger partial charge in [-0.2, -0.15) is 10.3 Å². The van der Waals surface area contributed by atoms with Gasteiger partial charge in [-0.3, -0.25) is 4.84 Å². The molecule has 0 saturated carbocycles. The summed E-state index contributed by atoms with van der Waals surface area (Å²) in [5, 5.41) is 9.90. The Morgan fingerprint density at radius 3 is 3.22 bits per heavy atom. The molecule has 0 radical (unpaired) electrons. The SMILES string of the molecule is C=CCON1CC1C#N. The molecule has 9 heavy (non-hydrogen) atoms. The van der Waals surface area contributed by atoms with Crippen molar-refractivity contribution < 1.29 is 4.84 Å². The van der Waals surface area contributed by atoms with Gasteiger partial charge in [-0.1, -0.05) is 6.08 Å². The summed E-state index contributed by atoms with van der Waals surface area (Å²) in [6.07, 6.45) is 1.66. The van der Waals surface area contributed by atoms with E-state index in [1.165, 1.54) is 0 Å². The fourth-order valence-corrected chi connectivity index (χ4v) is 0.520. The molecule has 1 fully saturated rings. The Hall–Kier alpha value is -0.850. The summed E-state index contributed by atoms with van der Waals surface area (Å²) >= 11 is 0. The molecule has 0 bridgehead atoms. The Kier molecular flexibility index (Phi) is 1.83. The van der Waals surface area contributed by atoms with E-state index in [4.69, 9.17) is 10.1 Å². The Morgan fingerprint density at radius 2 is 2.78 bits per heavy atom. The highest BCUT2D eigenvalue weighted by Gasteiger charge is 2.34. The van der Waals surface area contributed by atoms with Crippen molar-refractivity contribution >= 4 is 0 Å². The molecule has 2 atom stereocenters. The van der Waals surface area contributed by atoms with Crippen LogP contribution in [0.25, 0.3) is 0 Å². The van der Waals surface area contributed by atoms with Crippen molar-refractivity contribution in [2.24, 2.45) is 0 Å². The van der Waals surface area contributed by atoms with Gasteiger partial charge in [0.15, 0.2) is 0 Å². The minimum atomic E-state index is -0.00931. The average Bonchev–Trinajstić information content (AvgIpc) is 2.62. The molecule has 0 aliphatic carbocycles. The van der Waals surface area contributed by atoms with Crippen LogP contribution in [0.3, 0.4) is 0 Å². The molecule has 1 heterocycles. The number of nitriles is 1. The first kappa shape index (κ1) is 6.27. The Balaban J connectivity index is 2.07. The van der Waals surface area contributed by atoms with Crippen LogP contribution in [0.15, 0.2) is 12.7 Å². The molecule has 0 aromatic carbocycles. The summed E-state index contributed by atoms with van der Waals surface area (Å²) in [4.78, 5) is 5.00. The van der Waals surface area contributed by atoms with Gasteiger partial charge in [-0.25, -0.2) is 0 Å². The van der Waals surface area contributed by atoms with E-state index >= 15 is 0 Å². The van der Waals surface area contributed by atoms with Gasteiger partial charge < -0.3 is 0 Å².